The van der Waals surface area contributed by atoms with Gasteiger partial charge in [-0.3, -0.25) is 4.98 Å². The largest absolute Gasteiger partial charge is 0.479 e. The van der Waals surface area contributed by atoms with Crippen molar-refractivity contribution < 1.29 is 19.8 Å². The molecule has 1 atom stereocenters. The van der Waals surface area contributed by atoms with Crippen LogP contribution in [0.5, 0.6) is 0 Å². The lowest BCUT2D eigenvalue weighted by Gasteiger charge is -2.18. The molecule has 7 nitrogen and oxygen atoms in total. The number of pyridine rings is 1. The van der Waals surface area contributed by atoms with E-state index in [1.807, 2.05) is 18.2 Å². The van der Waals surface area contributed by atoms with Crippen LogP contribution in [-0.4, -0.2) is 58.3 Å². The van der Waals surface area contributed by atoms with E-state index < -0.39 is 18.1 Å². The van der Waals surface area contributed by atoms with Gasteiger partial charge in [0.15, 0.2) is 6.10 Å². The Morgan fingerprint density at radius 2 is 2.21 bits per heavy atom. The van der Waals surface area contributed by atoms with Crippen LogP contribution in [0.25, 0.3) is 0 Å². The molecule has 3 N–H and O–H groups in total. The van der Waals surface area contributed by atoms with E-state index in [0.29, 0.717) is 13.0 Å². The Kier molecular flexibility index (Phi) is 5.74. The molecule has 2 amide bonds. The molecule has 0 aliphatic carbocycles. The zero-order valence-electron chi connectivity index (χ0n) is 10.6. The van der Waals surface area contributed by atoms with E-state index in [9.17, 15) is 9.59 Å². The summed E-state index contributed by atoms with van der Waals surface area (Å²) in [4.78, 5) is 27.5. The summed E-state index contributed by atoms with van der Waals surface area (Å²) in [6.07, 6.45) is 0.693. The Morgan fingerprint density at radius 3 is 2.79 bits per heavy atom. The second-order valence-corrected chi connectivity index (χ2v) is 4.03. The first kappa shape index (κ1) is 14.9. The van der Waals surface area contributed by atoms with E-state index in [4.69, 9.17) is 10.2 Å². The number of rotatable bonds is 6. The van der Waals surface area contributed by atoms with Gasteiger partial charge in [0, 0.05) is 31.9 Å². The molecule has 0 saturated carbocycles. The molecule has 0 fully saturated rings. The molecule has 0 aromatic carbocycles. The monoisotopic (exact) mass is 267 g/mol. The maximum atomic E-state index is 11.6. The summed E-state index contributed by atoms with van der Waals surface area (Å²) in [5, 5.41) is 19.8. The highest BCUT2D eigenvalue weighted by Gasteiger charge is 2.15. The lowest BCUT2D eigenvalue weighted by Crippen LogP contribution is -2.43. The molecular weight excluding hydrogens is 250 g/mol. The van der Waals surface area contributed by atoms with Gasteiger partial charge in [0.25, 0.3) is 0 Å². The van der Waals surface area contributed by atoms with Crippen LogP contribution >= 0.6 is 0 Å². The van der Waals surface area contributed by atoms with Crippen LogP contribution in [0.4, 0.5) is 4.79 Å². The van der Waals surface area contributed by atoms with Crippen LogP contribution in [0.2, 0.25) is 0 Å². The van der Waals surface area contributed by atoms with E-state index in [1.165, 1.54) is 4.90 Å². The summed E-state index contributed by atoms with van der Waals surface area (Å²) in [7, 11) is 1.59. The number of nitrogens with one attached hydrogen (secondary N) is 1. The molecule has 0 spiro atoms. The van der Waals surface area contributed by atoms with Crippen molar-refractivity contribution in [3.8, 4) is 0 Å². The van der Waals surface area contributed by atoms with E-state index >= 15 is 0 Å². The van der Waals surface area contributed by atoms with Gasteiger partial charge < -0.3 is 20.4 Å². The Morgan fingerprint density at radius 1 is 1.47 bits per heavy atom. The Bertz CT molecular complexity index is 424. The van der Waals surface area contributed by atoms with Crippen molar-refractivity contribution in [2.45, 2.75) is 12.5 Å². The minimum Gasteiger partial charge on any atom is -0.479 e. The molecule has 7 heteroatoms. The van der Waals surface area contributed by atoms with Gasteiger partial charge in [-0.15, -0.1) is 0 Å². The Hall–Kier alpha value is -2.15. The molecule has 0 saturated heterocycles. The van der Waals surface area contributed by atoms with Gasteiger partial charge in [-0.05, 0) is 12.1 Å². The number of hydrogen-bond donors (Lipinski definition) is 3. The standard InChI is InChI=1S/C12H17N3O4/c1-15(7-5-9-4-2-3-6-13-9)12(19)14-8-10(16)11(17)18/h2-4,6,10,16H,5,7-8H2,1H3,(H,14,19)(H,17,18)/t10-/m0/s1. The average Bonchev–Trinajstić information content (AvgIpc) is 2.42. The lowest BCUT2D eigenvalue weighted by molar-refractivity contribution is -0.146. The number of carboxylic acid groups (broad SMARTS) is 1. The number of carbonyl (C=O) groups is 2. The van der Waals surface area contributed by atoms with Crippen LogP contribution in [0.3, 0.4) is 0 Å². The van der Waals surface area contributed by atoms with Gasteiger partial charge in [-0.2, -0.15) is 0 Å². The molecule has 1 aromatic rings. The summed E-state index contributed by atoms with van der Waals surface area (Å²) >= 11 is 0. The highest BCUT2D eigenvalue weighted by Crippen LogP contribution is 1.96. The number of carbonyl (C=O) groups excluding carboxylic acids is 1. The van der Waals surface area contributed by atoms with Gasteiger partial charge in [-0.1, -0.05) is 6.07 Å². The van der Waals surface area contributed by atoms with Crippen LogP contribution in [-0.2, 0) is 11.2 Å². The Balaban J connectivity index is 2.31. The molecular formula is C12H17N3O4. The molecule has 1 rings (SSSR count). The summed E-state index contributed by atoms with van der Waals surface area (Å²) in [5.74, 6) is -1.36. The number of aromatic nitrogens is 1. The summed E-state index contributed by atoms with van der Waals surface area (Å²) < 4.78 is 0. The van der Waals surface area contributed by atoms with Gasteiger partial charge in [0.05, 0.1) is 6.54 Å². The van der Waals surface area contributed by atoms with Crippen LogP contribution in [0.1, 0.15) is 5.69 Å². The fraction of sp³-hybridized carbons (Fsp3) is 0.417. The van der Waals surface area contributed by atoms with Crippen LogP contribution in [0.15, 0.2) is 24.4 Å². The first-order valence-corrected chi connectivity index (χ1v) is 5.80. The number of aliphatic hydroxyl groups excluding tert-OH is 1. The first-order chi connectivity index (χ1) is 9.00. The number of carboxylic acids is 1. The fourth-order valence-corrected chi connectivity index (χ4v) is 1.34. The number of urea groups is 1. The van der Waals surface area contributed by atoms with Crippen molar-refractivity contribution in [1.82, 2.24) is 15.2 Å². The Labute approximate surface area is 110 Å². The van der Waals surface area contributed by atoms with Crippen molar-refractivity contribution >= 4 is 12.0 Å². The third kappa shape index (κ3) is 5.35. The molecule has 0 aliphatic heterocycles. The number of amides is 2. The third-order valence-electron chi connectivity index (χ3n) is 2.51. The first-order valence-electron chi connectivity index (χ1n) is 5.80. The molecule has 0 unspecified atom stereocenters. The molecule has 104 valence electrons. The zero-order chi connectivity index (χ0) is 14.3. The number of likely N-dealkylation sites (N-methyl/N-ethyl adjacent to an activating group) is 1. The van der Waals surface area contributed by atoms with E-state index in [0.717, 1.165) is 5.69 Å². The van der Waals surface area contributed by atoms with Crippen molar-refractivity contribution in [1.29, 1.82) is 0 Å². The second-order valence-electron chi connectivity index (χ2n) is 4.03. The number of hydrogen-bond acceptors (Lipinski definition) is 4. The molecule has 0 bridgehead atoms. The molecule has 0 aliphatic rings. The zero-order valence-corrected chi connectivity index (χ0v) is 10.6. The predicted molar refractivity (Wildman–Crippen MR) is 67.6 cm³/mol. The molecule has 0 radical (unpaired) electrons. The average molecular weight is 267 g/mol. The van der Waals surface area contributed by atoms with Crippen LogP contribution < -0.4 is 5.32 Å². The minimum absolute atomic E-state index is 0.317. The van der Waals surface area contributed by atoms with Crippen molar-refractivity contribution in [2.75, 3.05) is 20.1 Å². The summed E-state index contributed by atoms with van der Waals surface area (Å²) in [6, 6.07) is 5.11. The molecule has 1 heterocycles. The third-order valence-corrected chi connectivity index (χ3v) is 2.51. The maximum Gasteiger partial charge on any atom is 0.334 e. The van der Waals surface area contributed by atoms with Gasteiger partial charge in [-0.25, -0.2) is 9.59 Å². The quantitative estimate of drug-likeness (QED) is 0.657. The second kappa shape index (κ2) is 7.32. The number of nitrogens with zero attached hydrogens (tertiary/aromatic N) is 2. The fourth-order valence-electron chi connectivity index (χ4n) is 1.34. The summed E-state index contributed by atoms with van der Waals surface area (Å²) in [6.45, 7) is 0.133. The SMILES string of the molecule is CN(CCc1ccccn1)C(=O)NC[C@H](O)C(=O)O. The van der Waals surface area contributed by atoms with E-state index in [1.54, 1.807) is 13.2 Å². The number of aliphatic carboxylic acids is 1. The van der Waals surface area contributed by atoms with Crippen molar-refractivity contribution in [2.24, 2.45) is 0 Å². The highest BCUT2D eigenvalue weighted by atomic mass is 16.4. The topological polar surface area (TPSA) is 103 Å². The molecule has 1 aromatic heterocycles. The maximum absolute atomic E-state index is 11.6. The minimum atomic E-state index is -1.59. The highest BCUT2D eigenvalue weighted by molar-refractivity contribution is 5.76. The summed E-state index contributed by atoms with van der Waals surface area (Å²) in [5.41, 5.74) is 0.868. The van der Waals surface area contributed by atoms with Gasteiger partial charge in [0.1, 0.15) is 0 Å². The smallest absolute Gasteiger partial charge is 0.334 e. The van der Waals surface area contributed by atoms with Crippen molar-refractivity contribution in [3.63, 3.8) is 0 Å². The molecule has 19 heavy (non-hydrogen) atoms. The van der Waals surface area contributed by atoms with E-state index in [-0.39, 0.29) is 6.54 Å². The van der Waals surface area contributed by atoms with Crippen LogP contribution in [0, 0.1) is 0 Å². The normalized spacial score (nSPS) is 11.7. The van der Waals surface area contributed by atoms with E-state index in [2.05, 4.69) is 10.3 Å². The lowest BCUT2D eigenvalue weighted by atomic mass is 10.2. The number of aliphatic hydroxyl groups is 1. The van der Waals surface area contributed by atoms with Gasteiger partial charge in [0.2, 0.25) is 0 Å². The van der Waals surface area contributed by atoms with Crippen molar-refractivity contribution in [3.05, 3.63) is 30.1 Å². The predicted octanol–water partition coefficient (Wildman–Crippen LogP) is -0.289. The van der Waals surface area contributed by atoms with Gasteiger partial charge >= 0.3 is 12.0 Å².